The van der Waals surface area contributed by atoms with Gasteiger partial charge in [-0.1, -0.05) is 6.07 Å². The number of urea groups is 1. The maximum absolute atomic E-state index is 14.0. The van der Waals surface area contributed by atoms with Gasteiger partial charge < -0.3 is 26.2 Å². The number of carbonyl (C=O) groups is 2. The number of carbonyl (C=O) groups excluding carboxylic acids is 2. The molecule has 5 N–H and O–H groups in total. The van der Waals surface area contributed by atoms with Gasteiger partial charge in [0.25, 0.3) is 0 Å². The van der Waals surface area contributed by atoms with E-state index in [1.807, 2.05) is 0 Å². The average molecular weight is 629 g/mol. The number of alkyl halides is 3. The normalized spacial score (nSPS) is 18.5. The molecule has 1 unspecified atom stereocenters. The minimum atomic E-state index is -4.61. The van der Waals surface area contributed by atoms with Gasteiger partial charge in [-0.05, 0) is 76.4 Å². The predicted octanol–water partition coefficient (Wildman–Crippen LogP) is 2.44. The molecule has 3 heterocycles. The molecule has 2 fully saturated rings. The molecule has 1 atom stereocenters. The lowest BCUT2D eigenvalue weighted by atomic mass is 10.0. The molecular formula is C28H40ClF3N8O3. The number of anilines is 1. The number of nitrogens with one attached hydrogen (secondary N) is 1. The van der Waals surface area contributed by atoms with Crippen molar-refractivity contribution >= 4 is 30.2 Å². The third-order valence-electron chi connectivity index (χ3n) is 7.68. The summed E-state index contributed by atoms with van der Waals surface area (Å²) in [4.78, 5) is 46.9. The van der Waals surface area contributed by atoms with Crippen molar-refractivity contribution in [3.05, 3.63) is 52.1 Å². The Balaban J connectivity index is 0.00000506. The molecule has 238 valence electrons. The molecule has 2 aliphatic rings. The van der Waals surface area contributed by atoms with Crippen LogP contribution in [0.15, 0.2) is 35.3 Å². The first-order valence-corrected chi connectivity index (χ1v) is 14.1. The molecule has 0 bridgehead atoms. The highest BCUT2D eigenvalue weighted by Gasteiger charge is 2.34. The Kier molecular flexibility index (Phi) is 11.2. The van der Waals surface area contributed by atoms with Gasteiger partial charge in [0, 0.05) is 45.0 Å². The summed E-state index contributed by atoms with van der Waals surface area (Å²) in [5.74, 6) is -0.246. The summed E-state index contributed by atoms with van der Waals surface area (Å²) in [6.45, 7) is 6.44. The SMILES string of the molecule is CC(C)(N)C(=O)N1CCN(C(=O)Nc2ccn(-c3ccc(CCN4CCCC(N)CC4)c(C(F)(F)F)c3)c(=O)n2)CC1.Cl. The Morgan fingerprint density at radius 3 is 2.33 bits per heavy atom. The quantitative estimate of drug-likeness (QED) is 0.446. The Morgan fingerprint density at radius 1 is 1.02 bits per heavy atom. The van der Waals surface area contributed by atoms with Gasteiger partial charge in [0.05, 0.1) is 16.8 Å². The molecule has 2 saturated heterocycles. The van der Waals surface area contributed by atoms with Gasteiger partial charge in [0.15, 0.2) is 0 Å². The first-order chi connectivity index (χ1) is 19.7. The van der Waals surface area contributed by atoms with Crippen molar-refractivity contribution in [3.63, 3.8) is 0 Å². The zero-order chi connectivity index (χ0) is 30.7. The molecule has 43 heavy (non-hydrogen) atoms. The monoisotopic (exact) mass is 628 g/mol. The Hall–Kier alpha value is -3.20. The van der Waals surface area contributed by atoms with Crippen LogP contribution in [-0.4, -0.2) is 93.6 Å². The summed E-state index contributed by atoms with van der Waals surface area (Å²) in [6, 6.07) is 4.80. The smallest absolute Gasteiger partial charge is 0.338 e. The summed E-state index contributed by atoms with van der Waals surface area (Å²) in [5.41, 5.74) is 9.42. The lowest BCUT2D eigenvalue weighted by Crippen LogP contribution is -2.58. The zero-order valence-corrected chi connectivity index (χ0v) is 25.2. The summed E-state index contributed by atoms with van der Waals surface area (Å²) in [6.07, 6.45) is -0.454. The molecule has 0 saturated carbocycles. The number of halogens is 4. The molecule has 3 amide bonds. The summed E-state index contributed by atoms with van der Waals surface area (Å²) in [5, 5.41) is 2.55. The van der Waals surface area contributed by atoms with Gasteiger partial charge in [0.2, 0.25) is 5.91 Å². The van der Waals surface area contributed by atoms with Crippen LogP contribution >= 0.6 is 12.4 Å². The van der Waals surface area contributed by atoms with Gasteiger partial charge >= 0.3 is 17.9 Å². The fourth-order valence-corrected chi connectivity index (χ4v) is 5.26. The minimum Gasteiger partial charge on any atom is -0.338 e. The van der Waals surface area contributed by atoms with Crippen molar-refractivity contribution < 1.29 is 22.8 Å². The largest absolute Gasteiger partial charge is 0.416 e. The van der Waals surface area contributed by atoms with Crippen LogP contribution in [0.1, 0.15) is 44.2 Å². The second kappa shape index (κ2) is 14.1. The van der Waals surface area contributed by atoms with Crippen molar-refractivity contribution in [1.82, 2.24) is 24.3 Å². The number of nitrogens with zero attached hydrogens (tertiary/aromatic N) is 5. The van der Waals surface area contributed by atoms with Gasteiger partial charge in [-0.15, -0.1) is 12.4 Å². The van der Waals surface area contributed by atoms with Crippen LogP contribution in [0.4, 0.5) is 23.8 Å². The highest BCUT2D eigenvalue weighted by atomic mass is 35.5. The van der Waals surface area contributed by atoms with Gasteiger partial charge in [-0.2, -0.15) is 18.2 Å². The van der Waals surface area contributed by atoms with Crippen molar-refractivity contribution in [2.75, 3.05) is 51.1 Å². The van der Waals surface area contributed by atoms with E-state index in [2.05, 4.69) is 15.2 Å². The van der Waals surface area contributed by atoms with E-state index in [4.69, 9.17) is 11.5 Å². The van der Waals surface area contributed by atoms with E-state index in [9.17, 15) is 27.6 Å². The van der Waals surface area contributed by atoms with Crippen molar-refractivity contribution in [2.45, 2.75) is 57.3 Å². The number of rotatable bonds is 6. The lowest BCUT2D eigenvalue weighted by Gasteiger charge is -2.37. The second-order valence-corrected chi connectivity index (χ2v) is 11.5. The number of benzene rings is 1. The van der Waals surface area contributed by atoms with Crippen molar-refractivity contribution in [3.8, 4) is 5.69 Å². The molecule has 0 radical (unpaired) electrons. The molecule has 15 heteroatoms. The Labute approximate surface area is 254 Å². The number of likely N-dealkylation sites (tertiary alicyclic amines) is 1. The van der Waals surface area contributed by atoms with Gasteiger partial charge in [0.1, 0.15) is 5.82 Å². The number of hydrogen-bond acceptors (Lipinski definition) is 7. The van der Waals surface area contributed by atoms with Gasteiger partial charge in [-0.25, -0.2) is 9.59 Å². The van der Waals surface area contributed by atoms with Crippen LogP contribution in [0.3, 0.4) is 0 Å². The predicted molar refractivity (Wildman–Crippen MR) is 159 cm³/mol. The lowest BCUT2D eigenvalue weighted by molar-refractivity contribution is -0.138. The Morgan fingerprint density at radius 2 is 1.70 bits per heavy atom. The number of amides is 3. The molecule has 1 aromatic heterocycles. The summed E-state index contributed by atoms with van der Waals surface area (Å²) >= 11 is 0. The fraction of sp³-hybridized carbons (Fsp3) is 0.571. The first-order valence-electron chi connectivity index (χ1n) is 14.1. The average Bonchev–Trinajstić information content (AvgIpc) is 3.14. The molecule has 0 aliphatic carbocycles. The van der Waals surface area contributed by atoms with Crippen LogP contribution in [0.2, 0.25) is 0 Å². The van der Waals surface area contributed by atoms with E-state index in [0.29, 0.717) is 19.6 Å². The van der Waals surface area contributed by atoms with Crippen LogP contribution in [-0.2, 0) is 17.4 Å². The molecule has 2 aromatic rings. The molecule has 1 aromatic carbocycles. The third-order valence-corrected chi connectivity index (χ3v) is 7.68. The highest BCUT2D eigenvalue weighted by molar-refractivity contribution is 5.89. The Bertz CT molecular complexity index is 1340. The van der Waals surface area contributed by atoms with Crippen LogP contribution in [0, 0.1) is 0 Å². The number of nitrogens with two attached hydrogens (primary N) is 2. The van der Waals surface area contributed by atoms with Crippen LogP contribution in [0.5, 0.6) is 0 Å². The van der Waals surface area contributed by atoms with Crippen molar-refractivity contribution in [2.24, 2.45) is 11.5 Å². The second-order valence-electron chi connectivity index (χ2n) is 11.5. The summed E-state index contributed by atoms with van der Waals surface area (Å²) < 4.78 is 43.1. The maximum atomic E-state index is 14.0. The van der Waals surface area contributed by atoms with Crippen LogP contribution < -0.4 is 22.5 Å². The standard InChI is InChI=1S/C28H39F3N8O3.ClH/c1-27(2,33)24(40)37-14-16-38(17-15-37)25(41)34-23-9-13-39(26(42)35-23)21-6-5-19(22(18-21)28(29,30)31)7-11-36-10-3-4-20(32)8-12-36;/h5-6,9,13,18,20H,3-4,7-8,10-12,14-17,32-33H2,1-2H3,(H,34,35,41,42);1H. The number of piperazine rings is 1. The molecule has 2 aliphatic heterocycles. The highest BCUT2D eigenvalue weighted by Crippen LogP contribution is 2.34. The van der Waals surface area contributed by atoms with Crippen LogP contribution in [0.25, 0.3) is 5.69 Å². The van der Waals surface area contributed by atoms with Gasteiger partial charge in [-0.3, -0.25) is 14.7 Å². The molecule has 4 rings (SSSR count). The van der Waals surface area contributed by atoms with E-state index < -0.39 is 29.0 Å². The molecule has 0 spiro atoms. The zero-order valence-electron chi connectivity index (χ0n) is 24.4. The number of hydrogen-bond donors (Lipinski definition) is 3. The van der Waals surface area contributed by atoms with Crippen molar-refractivity contribution in [1.29, 1.82) is 0 Å². The van der Waals surface area contributed by atoms with E-state index in [1.54, 1.807) is 18.7 Å². The van der Waals surface area contributed by atoms with E-state index in [0.717, 1.165) is 43.0 Å². The first kappa shape index (κ1) is 34.3. The maximum Gasteiger partial charge on any atom is 0.416 e. The van der Waals surface area contributed by atoms with E-state index in [-0.39, 0.29) is 60.9 Å². The number of aromatic nitrogens is 2. The third kappa shape index (κ3) is 8.91. The fourth-order valence-electron chi connectivity index (χ4n) is 5.26. The van der Waals surface area contributed by atoms with E-state index in [1.165, 1.54) is 29.3 Å². The van der Waals surface area contributed by atoms with E-state index >= 15 is 0 Å². The summed E-state index contributed by atoms with van der Waals surface area (Å²) in [7, 11) is 0. The molecule has 11 nitrogen and oxygen atoms in total. The minimum absolute atomic E-state index is 0. The molecular weight excluding hydrogens is 589 g/mol. The topological polar surface area (TPSA) is 143 Å².